The molecule has 0 spiro atoms. The van der Waals surface area contributed by atoms with Gasteiger partial charge in [-0.1, -0.05) is 41.9 Å². The van der Waals surface area contributed by atoms with Crippen molar-refractivity contribution in [3.05, 3.63) is 64.1 Å². The van der Waals surface area contributed by atoms with E-state index in [1.807, 2.05) is 24.4 Å². The van der Waals surface area contributed by atoms with Crippen molar-refractivity contribution >= 4 is 28.1 Å². The van der Waals surface area contributed by atoms with Crippen LogP contribution in [-0.4, -0.2) is 14.2 Å². The molecule has 4 rings (SSSR count). The second-order valence-electron chi connectivity index (χ2n) is 6.07. The Morgan fingerprint density at radius 1 is 1.36 bits per heavy atom. The highest BCUT2D eigenvalue weighted by Crippen LogP contribution is 2.36. The lowest BCUT2D eigenvalue weighted by atomic mass is 9.93. The molecule has 5 nitrogen and oxygen atoms in total. The minimum atomic E-state index is 0.136. The smallest absolute Gasteiger partial charge is 0.162 e. The Bertz CT molecular complexity index is 925. The van der Waals surface area contributed by atoms with E-state index in [1.54, 1.807) is 0 Å². The van der Waals surface area contributed by atoms with Crippen molar-refractivity contribution in [2.24, 2.45) is 0 Å². The predicted octanol–water partition coefficient (Wildman–Crippen LogP) is 4.40. The number of hydrogen-bond donors (Lipinski definition) is 1. The monoisotopic (exact) mass is 369 g/mol. The molecule has 1 aliphatic rings. The summed E-state index contributed by atoms with van der Waals surface area (Å²) in [5.74, 6) is 0. The predicted molar refractivity (Wildman–Crippen MR) is 98.9 cm³/mol. The van der Waals surface area contributed by atoms with Crippen LogP contribution in [0, 0.1) is 11.3 Å². The molecule has 1 N–H and O–H groups in total. The highest BCUT2D eigenvalue weighted by Gasteiger charge is 2.26. The Labute approximate surface area is 155 Å². The third-order valence-electron chi connectivity index (χ3n) is 4.51. The van der Waals surface area contributed by atoms with E-state index >= 15 is 0 Å². The first-order chi connectivity index (χ1) is 12.3. The maximum absolute atomic E-state index is 9.26. The van der Waals surface area contributed by atoms with Crippen molar-refractivity contribution in [3.8, 4) is 6.07 Å². The van der Waals surface area contributed by atoms with E-state index < -0.39 is 0 Å². The normalized spacial score (nSPS) is 16.2. The van der Waals surface area contributed by atoms with E-state index in [9.17, 15) is 5.26 Å². The van der Waals surface area contributed by atoms with E-state index in [4.69, 9.17) is 11.6 Å². The Kier molecular flexibility index (Phi) is 4.43. The molecule has 0 saturated carbocycles. The molecule has 0 radical (unpaired) electrons. The second kappa shape index (κ2) is 6.87. The molecule has 2 aromatic heterocycles. The van der Waals surface area contributed by atoms with Gasteiger partial charge in [-0.2, -0.15) is 14.7 Å². The summed E-state index contributed by atoms with van der Waals surface area (Å²) in [6.45, 7) is 0.777. The van der Waals surface area contributed by atoms with Gasteiger partial charge in [-0.05, 0) is 36.4 Å². The average molecular weight is 370 g/mol. The summed E-state index contributed by atoms with van der Waals surface area (Å²) in [4.78, 5) is 0. The lowest BCUT2D eigenvalue weighted by Gasteiger charge is -2.24. The Morgan fingerprint density at radius 2 is 2.20 bits per heavy atom. The highest BCUT2D eigenvalue weighted by molar-refractivity contribution is 7.10. The number of rotatable bonds is 4. The number of fused-ring (bicyclic) bond motifs is 1. The topological polar surface area (TPSA) is 66.5 Å². The van der Waals surface area contributed by atoms with Crippen molar-refractivity contribution in [3.63, 3.8) is 0 Å². The molecule has 0 saturated heterocycles. The zero-order valence-corrected chi connectivity index (χ0v) is 15.0. The van der Waals surface area contributed by atoms with Crippen LogP contribution in [0.15, 0.2) is 36.5 Å². The van der Waals surface area contributed by atoms with E-state index in [0.717, 1.165) is 30.8 Å². The number of anilines is 1. The molecule has 1 aromatic carbocycles. The molecule has 25 heavy (non-hydrogen) atoms. The fourth-order valence-electron chi connectivity index (χ4n) is 3.29. The third-order valence-corrected chi connectivity index (χ3v) is 5.66. The van der Waals surface area contributed by atoms with Crippen molar-refractivity contribution in [2.45, 2.75) is 31.8 Å². The standard InChI is InChI=1S/C18H16ClN5S/c19-17-13(9-20)18(25-23-17)22-15-7-4-8-16-14(15)10-21-24(16)11-12-5-2-1-3-6-12/h1-3,5-6,10,15,22H,4,7-8,11H2/t15-/m1/s1. The number of halogens is 1. The van der Waals surface area contributed by atoms with Crippen LogP contribution >= 0.6 is 23.1 Å². The third kappa shape index (κ3) is 3.13. The van der Waals surface area contributed by atoms with Crippen LogP contribution in [-0.2, 0) is 13.0 Å². The molecular weight excluding hydrogens is 354 g/mol. The Morgan fingerprint density at radius 3 is 3.00 bits per heavy atom. The molecule has 0 amide bonds. The van der Waals surface area contributed by atoms with Gasteiger partial charge in [0.2, 0.25) is 0 Å². The first-order valence-electron chi connectivity index (χ1n) is 8.16. The summed E-state index contributed by atoms with van der Waals surface area (Å²) >= 11 is 7.21. The van der Waals surface area contributed by atoms with E-state index in [1.165, 1.54) is 28.4 Å². The minimum absolute atomic E-state index is 0.136. The SMILES string of the molecule is N#Cc1c(Cl)nsc1N[C@@H]1CCCc2c1cnn2Cc1ccccc1. The van der Waals surface area contributed by atoms with Gasteiger partial charge in [-0.15, -0.1) is 0 Å². The minimum Gasteiger partial charge on any atom is -0.368 e. The van der Waals surface area contributed by atoms with Gasteiger partial charge in [-0.3, -0.25) is 4.68 Å². The van der Waals surface area contributed by atoms with Gasteiger partial charge in [0, 0.05) is 11.3 Å². The number of benzene rings is 1. The number of nitrogens with one attached hydrogen (secondary N) is 1. The maximum atomic E-state index is 9.26. The summed E-state index contributed by atoms with van der Waals surface area (Å²) < 4.78 is 6.16. The number of nitrogens with zero attached hydrogens (tertiary/aromatic N) is 4. The van der Waals surface area contributed by atoms with Crippen LogP contribution in [0.5, 0.6) is 0 Å². The molecule has 1 atom stereocenters. The number of hydrogen-bond acceptors (Lipinski definition) is 5. The van der Waals surface area contributed by atoms with Gasteiger partial charge in [0.1, 0.15) is 16.6 Å². The zero-order chi connectivity index (χ0) is 17.2. The molecule has 7 heteroatoms. The lowest BCUT2D eigenvalue weighted by molar-refractivity contribution is 0.557. The largest absolute Gasteiger partial charge is 0.368 e. The van der Waals surface area contributed by atoms with Crippen LogP contribution in [0.4, 0.5) is 5.00 Å². The maximum Gasteiger partial charge on any atom is 0.162 e. The summed E-state index contributed by atoms with van der Waals surface area (Å²) in [6.07, 6.45) is 5.06. The second-order valence-corrected chi connectivity index (χ2v) is 7.20. The molecular formula is C18H16ClN5S. The summed E-state index contributed by atoms with van der Waals surface area (Å²) in [6, 6.07) is 12.6. The Hall–Kier alpha value is -2.36. The van der Waals surface area contributed by atoms with Crippen LogP contribution in [0.3, 0.4) is 0 Å². The van der Waals surface area contributed by atoms with Crippen LogP contribution < -0.4 is 5.32 Å². The molecule has 0 bridgehead atoms. The fraction of sp³-hybridized carbons (Fsp3) is 0.278. The van der Waals surface area contributed by atoms with E-state index in [-0.39, 0.29) is 11.2 Å². The van der Waals surface area contributed by atoms with E-state index in [2.05, 4.69) is 37.7 Å². The van der Waals surface area contributed by atoms with Crippen molar-refractivity contribution in [1.82, 2.24) is 14.2 Å². The number of aromatic nitrogens is 3. The van der Waals surface area contributed by atoms with Gasteiger partial charge in [0.05, 0.1) is 18.8 Å². The van der Waals surface area contributed by atoms with Crippen LogP contribution in [0.1, 0.15) is 41.3 Å². The summed E-state index contributed by atoms with van der Waals surface area (Å²) in [5, 5.41) is 18.3. The highest BCUT2D eigenvalue weighted by atomic mass is 35.5. The lowest BCUT2D eigenvalue weighted by Crippen LogP contribution is -2.18. The molecule has 0 unspecified atom stereocenters. The van der Waals surface area contributed by atoms with Crippen LogP contribution in [0.25, 0.3) is 0 Å². The fourth-order valence-corrected chi connectivity index (χ4v) is 4.27. The van der Waals surface area contributed by atoms with Gasteiger partial charge < -0.3 is 5.32 Å². The van der Waals surface area contributed by atoms with Gasteiger partial charge in [0.15, 0.2) is 5.15 Å². The summed E-state index contributed by atoms with van der Waals surface area (Å²) in [5.41, 5.74) is 4.14. The van der Waals surface area contributed by atoms with Crippen molar-refractivity contribution < 1.29 is 0 Å². The van der Waals surface area contributed by atoms with Crippen LogP contribution in [0.2, 0.25) is 5.15 Å². The number of nitriles is 1. The molecule has 0 fully saturated rings. The zero-order valence-electron chi connectivity index (χ0n) is 13.4. The van der Waals surface area contributed by atoms with Gasteiger partial charge >= 0.3 is 0 Å². The molecule has 0 aliphatic heterocycles. The van der Waals surface area contributed by atoms with Crippen molar-refractivity contribution in [1.29, 1.82) is 5.26 Å². The molecule has 3 aromatic rings. The molecule has 1 aliphatic carbocycles. The van der Waals surface area contributed by atoms with Gasteiger partial charge in [-0.25, -0.2) is 0 Å². The van der Waals surface area contributed by atoms with Crippen molar-refractivity contribution in [2.75, 3.05) is 5.32 Å². The summed E-state index contributed by atoms with van der Waals surface area (Å²) in [7, 11) is 0. The first-order valence-corrected chi connectivity index (χ1v) is 9.31. The van der Waals surface area contributed by atoms with E-state index in [0.29, 0.717) is 5.56 Å². The van der Waals surface area contributed by atoms with Gasteiger partial charge in [0.25, 0.3) is 0 Å². The molecule has 2 heterocycles. The Balaban J connectivity index is 1.60. The molecule has 126 valence electrons. The quantitative estimate of drug-likeness (QED) is 0.740. The average Bonchev–Trinajstić information content (AvgIpc) is 3.20. The first kappa shape index (κ1) is 16.1.